The van der Waals surface area contributed by atoms with Crippen molar-refractivity contribution in [3.05, 3.63) is 34.8 Å². The van der Waals surface area contributed by atoms with Crippen molar-refractivity contribution >= 4 is 17.0 Å². The summed E-state index contributed by atoms with van der Waals surface area (Å²) in [5, 5.41) is 3.02. The molecular weight excluding hydrogens is 296 g/mol. The second kappa shape index (κ2) is 6.58. The fraction of sp³-hybridized carbons (Fsp3) is 0.529. The molecular formula is C17H22N2O4. The van der Waals surface area contributed by atoms with E-state index in [0.29, 0.717) is 18.7 Å². The SMILES string of the molecule is CC(C)[C@@H](Cn1c(=O)oc2ccccc21)NC(=O)[C@@H]1CCCO1. The molecule has 2 heterocycles. The van der Waals surface area contributed by atoms with Crippen molar-refractivity contribution in [1.82, 2.24) is 9.88 Å². The number of amides is 1. The molecule has 3 rings (SSSR count). The van der Waals surface area contributed by atoms with Crippen LogP contribution in [-0.4, -0.2) is 29.2 Å². The highest BCUT2D eigenvalue weighted by Crippen LogP contribution is 2.16. The van der Waals surface area contributed by atoms with Gasteiger partial charge >= 0.3 is 5.76 Å². The molecule has 1 aliphatic heterocycles. The summed E-state index contributed by atoms with van der Waals surface area (Å²) in [5.41, 5.74) is 1.31. The first-order valence-corrected chi connectivity index (χ1v) is 8.06. The Morgan fingerprint density at radius 1 is 1.39 bits per heavy atom. The molecule has 1 aliphatic rings. The van der Waals surface area contributed by atoms with Crippen molar-refractivity contribution in [2.45, 2.75) is 45.4 Å². The zero-order valence-corrected chi connectivity index (χ0v) is 13.5. The van der Waals surface area contributed by atoms with Gasteiger partial charge in [-0.05, 0) is 30.9 Å². The summed E-state index contributed by atoms with van der Waals surface area (Å²) >= 11 is 0. The van der Waals surface area contributed by atoms with Crippen molar-refractivity contribution < 1.29 is 13.9 Å². The monoisotopic (exact) mass is 318 g/mol. The second-order valence-corrected chi connectivity index (χ2v) is 6.31. The smallest absolute Gasteiger partial charge is 0.408 e. The maximum atomic E-state index is 12.3. The van der Waals surface area contributed by atoms with E-state index >= 15 is 0 Å². The number of aromatic nitrogens is 1. The Balaban J connectivity index is 1.80. The van der Waals surface area contributed by atoms with Crippen LogP contribution in [0, 0.1) is 5.92 Å². The van der Waals surface area contributed by atoms with E-state index in [1.807, 2.05) is 32.0 Å². The Morgan fingerprint density at radius 3 is 2.87 bits per heavy atom. The molecule has 1 saturated heterocycles. The van der Waals surface area contributed by atoms with Crippen molar-refractivity contribution in [3.63, 3.8) is 0 Å². The summed E-state index contributed by atoms with van der Waals surface area (Å²) in [6.45, 7) is 5.06. The van der Waals surface area contributed by atoms with E-state index in [1.54, 1.807) is 10.6 Å². The lowest BCUT2D eigenvalue weighted by molar-refractivity contribution is -0.131. The molecule has 1 N–H and O–H groups in total. The van der Waals surface area contributed by atoms with Gasteiger partial charge in [0.25, 0.3) is 0 Å². The van der Waals surface area contributed by atoms with Gasteiger partial charge in [-0.2, -0.15) is 0 Å². The predicted octanol–water partition coefficient (Wildman–Crippen LogP) is 1.91. The van der Waals surface area contributed by atoms with Crippen LogP contribution in [0.1, 0.15) is 26.7 Å². The van der Waals surface area contributed by atoms with E-state index in [9.17, 15) is 9.59 Å². The largest absolute Gasteiger partial charge is 0.420 e. The molecule has 0 aliphatic carbocycles. The Bertz CT molecular complexity index is 740. The molecule has 0 saturated carbocycles. The quantitative estimate of drug-likeness (QED) is 0.914. The highest BCUT2D eigenvalue weighted by atomic mass is 16.5. The van der Waals surface area contributed by atoms with Crippen LogP contribution in [0.25, 0.3) is 11.1 Å². The average Bonchev–Trinajstić information content (AvgIpc) is 3.15. The standard InChI is InChI=1S/C17H22N2O4/c1-11(2)12(18-16(20)15-8-5-9-22-15)10-19-13-6-3-4-7-14(13)23-17(19)21/h3-4,6-7,11-12,15H,5,8-10H2,1-2H3,(H,18,20)/t12-,15+/m1/s1. The van der Waals surface area contributed by atoms with E-state index in [1.165, 1.54) is 0 Å². The van der Waals surface area contributed by atoms with Crippen LogP contribution in [0.5, 0.6) is 0 Å². The van der Waals surface area contributed by atoms with Crippen LogP contribution < -0.4 is 11.1 Å². The number of fused-ring (bicyclic) bond motifs is 1. The third-order valence-electron chi connectivity index (χ3n) is 4.31. The number of benzene rings is 1. The third kappa shape index (κ3) is 3.32. The second-order valence-electron chi connectivity index (χ2n) is 6.31. The first-order chi connectivity index (χ1) is 11.1. The van der Waals surface area contributed by atoms with Crippen LogP contribution in [-0.2, 0) is 16.1 Å². The molecule has 2 atom stereocenters. The summed E-state index contributed by atoms with van der Waals surface area (Å²) in [6, 6.07) is 7.14. The molecule has 1 aromatic heterocycles. The summed E-state index contributed by atoms with van der Waals surface area (Å²) in [7, 11) is 0. The fourth-order valence-electron chi connectivity index (χ4n) is 2.87. The lowest BCUT2D eigenvalue weighted by Gasteiger charge is -2.24. The van der Waals surface area contributed by atoms with Gasteiger partial charge in [-0.15, -0.1) is 0 Å². The summed E-state index contributed by atoms with van der Waals surface area (Å²) in [5.74, 6) is -0.314. The highest BCUT2D eigenvalue weighted by molar-refractivity contribution is 5.81. The Hall–Kier alpha value is -2.08. The Labute approximate surface area is 134 Å². The van der Waals surface area contributed by atoms with E-state index < -0.39 is 5.76 Å². The van der Waals surface area contributed by atoms with Crippen molar-refractivity contribution in [2.75, 3.05) is 6.61 Å². The molecule has 6 heteroatoms. The van der Waals surface area contributed by atoms with E-state index in [2.05, 4.69) is 5.32 Å². The molecule has 1 fully saturated rings. The normalized spacial score (nSPS) is 19.3. The number of nitrogens with one attached hydrogen (secondary N) is 1. The van der Waals surface area contributed by atoms with Gasteiger partial charge in [0.2, 0.25) is 5.91 Å². The summed E-state index contributed by atoms with van der Waals surface area (Å²) < 4.78 is 12.3. The third-order valence-corrected chi connectivity index (χ3v) is 4.31. The number of nitrogens with zero attached hydrogens (tertiary/aromatic N) is 1. The van der Waals surface area contributed by atoms with E-state index in [4.69, 9.17) is 9.15 Å². The van der Waals surface area contributed by atoms with Crippen LogP contribution in [0.15, 0.2) is 33.5 Å². The maximum absolute atomic E-state index is 12.3. The molecule has 0 spiro atoms. The van der Waals surface area contributed by atoms with Crippen LogP contribution in [0.3, 0.4) is 0 Å². The number of hydrogen-bond acceptors (Lipinski definition) is 4. The van der Waals surface area contributed by atoms with Crippen molar-refractivity contribution in [2.24, 2.45) is 5.92 Å². The van der Waals surface area contributed by atoms with E-state index in [-0.39, 0.29) is 24.0 Å². The Kier molecular flexibility index (Phi) is 4.52. The number of hydrogen-bond donors (Lipinski definition) is 1. The zero-order valence-electron chi connectivity index (χ0n) is 13.5. The number of carbonyl (C=O) groups is 1. The zero-order chi connectivity index (χ0) is 16.4. The van der Waals surface area contributed by atoms with Crippen molar-refractivity contribution in [3.8, 4) is 0 Å². The first-order valence-electron chi connectivity index (χ1n) is 8.06. The van der Waals surface area contributed by atoms with Gasteiger partial charge < -0.3 is 14.5 Å². The summed E-state index contributed by atoms with van der Waals surface area (Å²) in [6.07, 6.45) is 1.30. The molecule has 0 unspecified atom stereocenters. The fourth-order valence-corrected chi connectivity index (χ4v) is 2.87. The minimum Gasteiger partial charge on any atom is -0.408 e. The minimum atomic E-state index is -0.400. The van der Waals surface area contributed by atoms with Gasteiger partial charge in [0.1, 0.15) is 6.10 Å². The molecule has 6 nitrogen and oxygen atoms in total. The molecule has 0 bridgehead atoms. The molecule has 2 aromatic rings. The highest BCUT2D eigenvalue weighted by Gasteiger charge is 2.27. The van der Waals surface area contributed by atoms with Gasteiger partial charge in [-0.3, -0.25) is 9.36 Å². The summed E-state index contributed by atoms with van der Waals surface area (Å²) in [4.78, 5) is 24.4. The van der Waals surface area contributed by atoms with Crippen LogP contribution in [0.2, 0.25) is 0 Å². The van der Waals surface area contributed by atoms with Gasteiger partial charge in [0, 0.05) is 19.2 Å². The number of rotatable bonds is 5. The van der Waals surface area contributed by atoms with Crippen LogP contribution in [0.4, 0.5) is 0 Å². The molecule has 1 aromatic carbocycles. The maximum Gasteiger partial charge on any atom is 0.420 e. The topological polar surface area (TPSA) is 73.5 Å². The average molecular weight is 318 g/mol. The van der Waals surface area contributed by atoms with Gasteiger partial charge in [-0.1, -0.05) is 26.0 Å². The van der Waals surface area contributed by atoms with Crippen molar-refractivity contribution in [1.29, 1.82) is 0 Å². The first kappa shape index (κ1) is 15.8. The number of ether oxygens (including phenoxy) is 1. The van der Waals surface area contributed by atoms with E-state index in [0.717, 1.165) is 18.4 Å². The lowest BCUT2D eigenvalue weighted by Crippen LogP contribution is -2.46. The van der Waals surface area contributed by atoms with Gasteiger partial charge in [0.05, 0.1) is 5.52 Å². The Morgan fingerprint density at radius 2 is 2.17 bits per heavy atom. The van der Waals surface area contributed by atoms with Gasteiger partial charge in [0.15, 0.2) is 5.58 Å². The van der Waals surface area contributed by atoms with Gasteiger partial charge in [-0.25, -0.2) is 4.79 Å². The number of carbonyl (C=O) groups excluding carboxylic acids is 1. The van der Waals surface area contributed by atoms with Crippen LogP contribution >= 0.6 is 0 Å². The molecule has 1 amide bonds. The minimum absolute atomic E-state index is 0.0953. The number of para-hydroxylation sites is 2. The number of oxazole rings is 1. The predicted molar refractivity (Wildman–Crippen MR) is 86.2 cm³/mol. The lowest BCUT2D eigenvalue weighted by atomic mass is 10.0. The molecule has 23 heavy (non-hydrogen) atoms. The molecule has 124 valence electrons. The molecule has 0 radical (unpaired) electrons.